The Morgan fingerprint density at radius 1 is 1.35 bits per heavy atom. The smallest absolute Gasteiger partial charge is 0.220 e. The first-order valence-electron chi connectivity index (χ1n) is 8.81. The van der Waals surface area contributed by atoms with Gasteiger partial charge in [0, 0.05) is 18.7 Å². The zero-order valence-corrected chi connectivity index (χ0v) is 14.8. The molecule has 0 aliphatic carbocycles. The molecule has 1 aliphatic rings. The summed E-state index contributed by atoms with van der Waals surface area (Å²) >= 11 is 0. The molecule has 1 aromatic heterocycles. The number of hydrogen-bond acceptors (Lipinski definition) is 4. The van der Waals surface area contributed by atoms with Crippen LogP contribution in [0.5, 0.6) is 5.75 Å². The number of halogens is 1. The van der Waals surface area contributed by atoms with Crippen molar-refractivity contribution in [3.63, 3.8) is 0 Å². The quantitative estimate of drug-likeness (QED) is 0.863. The van der Waals surface area contributed by atoms with Gasteiger partial charge in [-0.3, -0.25) is 9.78 Å². The van der Waals surface area contributed by atoms with Crippen molar-refractivity contribution in [3.8, 4) is 5.75 Å². The molecule has 3 rings (SSSR count). The fourth-order valence-electron chi connectivity index (χ4n) is 2.92. The molecule has 6 heteroatoms. The summed E-state index contributed by atoms with van der Waals surface area (Å²) in [6.07, 6.45) is 2.67. The van der Waals surface area contributed by atoms with Gasteiger partial charge in [0.15, 0.2) is 0 Å². The standard InChI is InChI=1S/C20H23FN2O3/c1-14-6-8-16(12-22-14)26-19-13-25-11-10-18(19)23-20(24)9-7-15-4-2-3-5-17(15)21/h2-6,8,12,18-19H,7,9-11,13H2,1H3,(H,23,24)/t18-,19+/m1/s1. The molecular formula is C20H23FN2O3. The van der Waals surface area contributed by atoms with E-state index in [-0.39, 0.29) is 30.3 Å². The number of carbonyl (C=O) groups is 1. The molecule has 2 heterocycles. The lowest BCUT2D eigenvalue weighted by Crippen LogP contribution is -2.51. The van der Waals surface area contributed by atoms with Gasteiger partial charge >= 0.3 is 0 Å². The second kappa shape index (κ2) is 8.76. The van der Waals surface area contributed by atoms with Crippen LogP contribution in [0.1, 0.15) is 24.1 Å². The van der Waals surface area contributed by atoms with Gasteiger partial charge in [-0.2, -0.15) is 0 Å². The van der Waals surface area contributed by atoms with Crippen LogP contribution in [0.2, 0.25) is 0 Å². The lowest BCUT2D eigenvalue weighted by Gasteiger charge is -2.32. The van der Waals surface area contributed by atoms with E-state index >= 15 is 0 Å². The van der Waals surface area contributed by atoms with Crippen LogP contribution in [0.3, 0.4) is 0 Å². The number of nitrogens with zero attached hydrogens (tertiary/aromatic N) is 1. The number of nitrogens with one attached hydrogen (secondary N) is 1. The van der Waals surface area contributed by atoms with Gasteiger partial charge in [-0.1, -0.05) is 18.2 Å². The second-order valence-corrected chi connectivity index (χ2v) is 6.42. The maximum Gasteiger partial charge on any atom is 0.220 e. The highest BCUT2D eigenvalue weighted by Gasteiger charge is 2.29. The molecule has 138 valence electrons. The van der Waals surface area contributed by atoms with Gasteiger partial charge in [-0.25, -0.2) is 4.39 Å². The fraction of sp³-hybridized carbons (Fsp3) is 0.400. The SMILES string of the molecule is Cc1ccc(O[C@H]2COCC[C@H]2NC(=O)CCc2ccccc2F)cn1. The first-order valence-corrected chi connectivity index (χ1v) is 8.81. The number of hydrogen-bond donors (Lipinski definition) is 1. The van der Waals surface area contributed by atoms with Crippen molar-refractivity contribution < 1.29 is 18.7 Å². The van der Waals surface area contributed by atoms with Crippen LogP contribution in [-0.2, 0) is 16.0 Å². The third-order valence-corrected chi connectivity index (χ3v) is 4.40. The van der Waals surface area contributed by atoms with Gasteiger partial charge in [-0.15, -0.1) is 0 Å². The van der Waals surface area contributed by atoms with Crippen molar-refractivity contribution in [2.75, 3.05) is 13.2 Å². The summed E-state index contributed by atoms with van der Waals surface area (Å²) in [5.41, 5.74) is 1.46. The Hall–Kier alpha value is -2.47. The van der Waals surface area contributed by atoms with E-state index in [0.717, 1.165) is 5.69 Å². The predicted octanol–water partition coefficient (Wildman–Crippen LogP) is 2.81. The molecule has 1 saturated heterocycles. The van der Waals surface area contributed by atoms with E-state index in [1.807, 2.05) is 19.1 Å². The molecule has 1 N–H and O–H groups in total. The van der Waals surface area contributed by atoms with Crippen molar-refractivity contribution in [1.82, 2.24) is 10.3 Å². The number of ether oxygens (including phenoxy) is 2. The molecule has 1 fully saturated rings. The zero-order chi connectivity index (χ0) is 18.4. The van der Waals surface area contributed by atoms with Crippen LogP contribution in [-0.4, -0.2) is 36.3 Å². The molecule has 1 aliphatic heterocycles. The Morgan fingerprint density at radius 2 is 2.19 bits per heavy atom. The van der Waals surface area contributed by atoms with Crippen LogP contribution in [0.15, 0.2) is 42.6 Å². The van der Waals surface area contributed by atoms with E-state index in [1.165, 1.54) is 6.07 Å². The highest BCUT2D eigenvalue weighted by atomic mass is 19.1. The van der Waals surface area contributed by atoms with Gasteiger partial charge in [0.1, 0.15) is 17.7 Å². The molecule has 0 saturated carbocycles. The number of aromatic nitrogens is 1. The second-order valence-electron chi connectivity index (χ2n) is 6.42. The lowest BCUT2D eigenvalue weighted by molar-refractivity contribution is -0.123. The molecule has 5 nitrogen and oxygen atoms in total. The van der Waals surface area contributed by atoms with Crippen LogP contribution in [0.4, 0.5) is 4.39 Å². The van der Waals surface area contributed by atoms with Crippen LogP contribution >= 0.6 is 0 Å². The Labute approximate surface area is 152 Å². The topological polar surface area (TPSA) is 60.5 Å². The van der Waals surface area contributed by atoms with E-state index in [2.05, 4.69) is 10.3 Å². The minimum atomic E-state index is -0.278. The van der Waals surface area contributed by atoms with Crippen molar-refractivity contribution in [1.29, 1.82) is 0 Å². The molecule has 1 amide bonds. The largest absolute Gasteiger partial charge is 0.484 e. The lowest BCUT2D eigenvalue weighted by atomic mass is 10.0. The van der Waals surface area contributed by atoms with E-state index < -0.39 is 0 Å². The average molecular weight is 358 g/mol. The maximum absolute atomic E-state index is 13.7. The normalized spacial score (nSPS) is 19.8. The molecule has 1 aromatic carbocycles. The summed E-state index contributed by atoms with van der Waals surface area (Å²) in [6.45, 7) is 2.89. The number of amides is 1. The predicted molar refractivity (Wildman–Crippen MR) is 95.5 cm³/mol. The van der Waals surface area contributed by atoms with Gasteiger partial charge < -0.3 is 14.8 Å². The molecule has 26 heavy (non-hydrogen) atoms. The van der Waals surface area contributed by atoms with Crippen molar-refractivity contribution in [3.05, 3.63) is 59.7 Å². The highest BCUT2D eigenvalue weighted by Crippen LogP contribution is 2.17. The highest BCUT2D eigenvalue weighted by molar-refractivity contribution is 5.76. The Balaban J connectivity index is 1.54. The number of carbonyl (C=O) groups excluding carboxylic acids is 1. The molecule has 0 spiro atoms. The number of pyridine rings is 1. The number of benzene rings is 1. The first kappa shape index (κ1) is 18.3. The third kappa shape index (κ3) is 5.02. The fourth-order valence-corrected chi connectivity index (χ4v) is 2.92. The van der Waals surface area contributed by atoms with E-state index in [1.54, 1.807) is 24.4 Å². The molecule has 0 unspecified atom stereocenters. The van der Waals surface area contributed by atoms with Gasteiger partial charge in [0.2, 0.25) is 5.91 Å². The minimum absolute atomic E-state index is 0.115. The van der Waals surface area contributed by atoms with Crippen LogP contribution < -0.4 is 10.1 Å². The maximum atomic E-state index is 13.7. The molecule has 2 atom stereocenters. The van der Waals surface area contributed by atoms with Crippen molar-refractivity contribution in [2.45, 2.75) is 38.3 Å². The van der Waals surface area contributed by atoms with Gasteiger partial charge in [-0.05, 0) is 43.5 Å². The zero-order valence-electron chi connectivity index (χ0n) is 14.8. The molecule has 0 radical (unpaired) electrons. The number of rotatable bonds is 6. The van der Waals surface area contributed by atoms with E-state index in [0.29, 0.717) is 37.4 Å². The van der Waals surface area contributed by atoms with Gasteiger partial charge in [0.05, 0.1) is 18.8 Å². The summed E-state index contributed by atoms with van der Waals surface area (Å²) in [6, 6.07) is 10.1. The first-order chi connectivity index (χ1) is 12.6. The average Bonchev–Trinajstić information content (AvgIpc) is 2.64. The van der Waals surface area contributed by atoms with Gasteiger partial charge in [0.25, 0.3) is 0 Å². The summed E-state index contributed by atoms with van der Waals surface area (Å²) in [7, 11) is 0. The molecule has 0 bridgehead atoms. The van der Waals surface area contributed by atoms with Crippen LogP contribution in [0.25, 0.3) is 0 Å². The number of aryl methyl sites for hydroxylation is 2. The van der Waals surface area contributed by atoms with Crippen LogP contribution in [0, 0.1) is 12.7 Å². The van der Waals surface area contributed by atoms with E-state index in [9.17, 15) is 9.18 Å². The van der Waals surface area contributed by atoms with Crippen molar-refractivity contribution in [2.24, 2.45) is 0 Å². The Bertz CT molecular complexity index is 736. The minimum Gasteiger partial charge on any atom is -0.484 e. The summed E-state index contributed by atoms with van der Waals surface area (Å²) in [5.74, 6) is 0.256. The Kier molecular flexibility index (Phi) is 6.17. The Morgan fingerprint density at radius 3 is 2.96 bits per heavy atom. The molecular weight excluding hydrogens is 335 g/mol. The summed E-state index contributed by atoms with van der Waals surface area (Å²) in [5, 5.41) is 3.00. The third-order valence-electron chi connectivity index (χ3n) is 4.40. The summed E-state index contributed by atoms with van der Waals surface area (Å²) < 4.78 is 25.1. The van der Waals surface area contributed by atoms with E-state index in [4.69, 9.17) is 9.47 Å². The van der Waals surface area contributed by atoms with Crippen molar-refractivity contribution >= 4 is 5.91 Å². The summed E-state index contributed by atoms with van der Waals surface area (Å²) in [4.78, 5) is 16.5. The molecule has 2 aromatic rings. The monoisotopic (exact) mass is 358 g/mol.